The standard InChI is InChI=1S/C9H10N2O5S3/c1-11(9(13)14)5-3-17-8-4(7(5)12)2-6(18-8)19(10,15)16/h2,5H,3H2,1H3,(H,13,14)(H2,10,15,16). The molecule has 1 amide bonds. The van der Waals surface area contributed by atoms with Gasteiger partial charge in [0.05, 0.1) is 4.21 Å². The third-order valence-electron chi connectivity index (χ3n) is 2.67. The number of hydrogen-bond donors (Lipinski definition) is 2. The van der Waals surface area contributed by atoms with E-state index in [1.165, 1.54) is 24.9 Å². The number of amides is 1. The number of nitrogens with two attached hydrogens (primary N) is 1. The molecule has 1 unspecified atom stereocenters. The molecule has 1 aliphatic rings. The third-order valence-corrected chi connectivity index (χ3v) is 6.58. The first-order valence-electron chi connectivity index (χ1n) is 5.01. The molecule has 0 spiro atoms. The Morgan fingerprint density at radius 3 is 2.74 bits per heavy atom. The van der Waals surface area contributed by atoms with Crippen LogP contribution in [0.1, 0.15) is 10.4 Å². The number of ketones is 1. The minimum atomic E-state index is -3.85. The number of primary sulfonamides is 1. The smallest absolute Gasteiger partial charge is 0.407 e. The molecule has 0 fully saturated rings. The summed E-state index contributed by atoms with van der Waals surface area (Å²) >= 11 is 2.19. The number of nitrogens with zero attached hydrogens (tertiary/aromatic N) is 1. The molecule has 1 aromatic rings. The van der Waals surface area contributed by atoms with E-state index in [9.17, 15) is 18.0 Å². The molecular formula is C9H10N2O5S3. The lowest BCUT2D eigenvalue weighted by Crippen LogP contribution is -2.44. The summed E-state index contributed by atoms with van der Waals surface area (Å²) in [5.74, 6) is -0.135. The number of sulfonamides is 1. The number of thioether (sulfide) groups is 1. The number of thiophene rings is 1. The Hall–Kier alpha value is -1.10. The first kappa shape index (κ1) is 14.3. The Balaban J connectivity index is 2.39. The number of Topliss-reactive ketones (excluding diaryl/α,β-unsaturated/α-hetero) is 1. The fraction of sp³-hybridized carbons (Fsp3) is 0.333. The van der Waals surface area contributed by atoms with E-state index < -0.39 is 27.9 Å². The van der Waals surface area contributed by atoms with Crippen LogP contribution in [0.2, 0.25) is 0 Å². The van der Waals surface area contributed by atoms with Crippen molar-refractivity contribution in [3.05, 3.63) is 11.6 Å². The fourth-order valence-electron chi connectivity index (χ4n) is 1.60. The van der Waals surface area contributed by atoms with Crippen molar-refractivity contribution in [2.24, 2.45) is 5.14 Å². The summed E-state index contributed by atoms with van der Waals surface area (Å²) in [5, 5.41) is 13.9. The van der Waals surface area contributed by atoms with Gasteiger partial charge in [0.25, 0.3) is 0 Å². The number of rotatable bonds is 2. The monoisotopic (exact) mass is 322 g/mol. The molecule has 1 atom stereocenters. The average molecular weight is 322 g/mol. The van der Waals surface area contributed by atoms with Crippen LogP contribution in [0.4, 0.5) is 4.79 Å². The van der Waals surface area contributed by atoms with Crippen LogP contribution in [0, 0.1) is 0 Å². The van der Waals surface area contributed by atoms with Crippen LogP contribution in [-0.2, 0) is 10.0 Å². The summed E-state index contributed by atoms with van der Waals surface area (Å²) in [6.07, 6.45) is -1.20. The number of hydrogen-bond acceptors (Lipinski definition) is 6. The van der Waals surface area contributed by atoms with Gasteiger partial charge in [0.1, 0.15) is 10.3 Å². The van der Waals surface area contributed by atoms with Gasteiger partial charge in [0, 0.05) is 18.4 Å². The molecule has 0 saturated heterocycles. The molecule has 3 N–H and O–H groups in total. The maximum Gasteiger partial charge on any atom is 0.407 e. The number of likely N-dealkylation sites (N-methyl/N-ethyl adjacent to an activating group) is 1. The lowest BCUT2D eigenvalue weighted by molar-refractivity contribution is 0.0844. The van der Waals surface area contributed by atoms with Crippen LogP contribution in [0.3, 0.4) is 0 Å². The molecule has 0 aromatic carbocycles. The van der Waals surface area contributed by atoms with E-state index in [1.807, 2.05) is 0 Å². The van der Waals surface area contributed by atoms with Crippen LogP contribution in [-0.4, -0.2) is 49.1 Å². The number of carbonyl (C=O) groups is 2. The van der Waals surface area contributed by atoms with E-state index in [0.717, 1.165) is 16.2 Å². The predicted molar refractivity (Wildman–Crippen MR) is 70.3 cm³/mol. The van der Waals surface area contributed by atoms with Gasteiger partial charge in [0.15, 0.2) is 5.78 Å². The highest BCUT2D eigenvalue weighted by atomic mass is 32.3. The van der Waals surface area contributed by atoms with E-state index in [-0.39, 0.29) is 15.5 Å². The van der Waals surface area contributed by atoms with Gasteiger partial charge < -0.3 is 10.0 Å². The quantitative estimate of drug-likeness (QED) is 0.826. The third kappa shape index (κ3) is 2.61. The van der Waals surface area contributed by atoms with Gasteiger partial charge in [-0.25, -0.2) is 18.4 Å². The Kier molecular flexibility index (Phi) is 3.60. The molecule has 2 rings (SSSR count). The highest BCUT2D eigenvalue weighted by molar-refractivity contribution is 8.01. The Bertz CT molecular complexity index is 651. The molecule has 7 nitrogen and oxygen atoms in total. The van der Waals surface area contributed by atoms with E-state index >= 15 is 0 Å². The molecule has 1 aliphatic heterocycles. The lowest BCUT2D eigenvalue weighted by atomic mass is 10.1. The van der Waals surface area contributed by atoms with Gasteiger partial charge in [-0.2, -0.15) is 0 Å². The first-order chi connectivity index (χ1) is 8.71. The van der Waals surface area contributed by atoms with E-state index in [0.29, 0.717) is 4.21 Å². The molecule has 0 aliphatic carbocycles. The van der Waals surface area contributed by atoms with Crippen molar-refractivity contribution in [2.45, 2.75) is 14.5 Å². The second-order valence-electron chi connectivity index (χ2n) is 3.90. The summed E-state index contributed by atoms with van der Waals surface area (Å²) in [7, 11) is -2.54. The average Bonchev–Trinajstić information content (AvgIpc) is 2.73. The van der Waals surface area contributed by atoms with E-state index in [4.69, 9.17) is 10.2 Å². The summed E-state index contributed by atoms with van der Waals surface area (Å²) < 4.78 is 23.0. The van der Waals surface area contributed by atoms with Gasteiger partial charge >= 0.3 is 6.09 Å². The zero-order valence-electron chi connectivity index (χ0n) is 9.69. The lowest BCUT2D eigenvalue weighted by Gasteiger charge is -2.27. The van der Waals surface area contributed by atoms with Crippen LogP contribution < -0.4 is 5.14 Å². The predicted octanol–water partition coefficient (Wildman–Crippen LogP) is 0.662. The van der Waals surface area contributed by atoms with Crippen molar-refractivity contribution in [2.75, 3.05) is 12.8 Å². The van der Waals surface area contributed by atoms with Crippen LogP contribution >= 0.6 is 23.1 Å². The SMILES string of the molecule is CN(C(=O)O)C1CSc2sc(S(N)(=O)=O)cc2C1=O. The summed E-state index contributed by atoms with van der Waals surface area (Å²) in [5.41, 5.74) is 0.225. The van der Waals surface area contributed by atoms with Crippen molar-refractivity contribution >= 4 is 45.0 Å². The zero-order chi connectivity index (χ0) is 14.4. The molecule has 1 aromatic heterocycles. The van der Waals surface area contributed by atoms with Crippen molar-refractivity contribution in [1.29, 1.82) is 0 Å². The Morgan fingerprint density at radius 1 is 1.58 bits per heavy atom. The minimum Gasteiger partial charge on any atom is -0.465 e. The van der Waals surface area contributed by atoms with Crippen molar-refractivity contribution in [1.82, 2.24) is 4.90 Å². The van der Waals surface area contributed by atoms with Gasteiger partial charge in [0.2, 0.25) is 10.0 Å². The number of fused-ring (bicyclic) bond motifs is 1. The number of carboxylic acid groups (broad SMARTS) is 1. The molecule has 0 bridgehead atoms. The molecule has 104 valence electrons. The van der Waals surface area contributed by atoms with Crippen LogP contribution in [0.5, 0.6) is 0 Å². The topological polar surface area (TPSA) is 118 Å². The van der Waals surface area contributed by atoms with Crippen LogP contribution in [0.15, 0.2) is 14.5 Å². The zero-order valence-corrected chi connectivity index (χ0v) is 12.1. The summed E-state index contributed by atoms with van der Waals surface area (Å²) in [4.78, 5) is 24.0. The minimum absolute atomic E-state index is 0.0861. The fourth-order valence-corrected chi connectivity index (χ4v) is 5.09. The van der Waals surface area contributed by atoms with Gasteiger partial charge in [-0.05, 0) is 6.07 Å². The normalized spacial score (nSPS) is 19.1. The largest absolute Gasteiger partial charge is 0.465 e. The maximum atomic E-state index is 12.2. The maximum absolute atomic E-state index is 12.2. The van der Waals surface area contributed by atoms with Crippen LogP contribution in [0.25, 0.3) is 0 Å². The van der Waals surface area contributed by atoms with E-state index in [1.54, 1.807) is 0 Å². The molecule has 0 radical (unpaired) electrons. The van der Waals surface area contributed by atoms with Gasteiger partial charge in [-0.15, -0.1) is 23.1 Å². The first-order valence-corrected chi connectivity index (χ1v) is 8.36. The molecule has 0 saturated carbocycles. The number of carbonyl (C=O) groups excluding carboxylic acids is 1. The van der Waals surface area contributed by atoms with Gasteiger partial charge in [-0.1, -0.05) is 0 Å². The highest BCUT2D eigenvalue weighted by Gasteiger charge is 2.35. The molecule has 10 heteroatoms. The summed E-state index contributed by atoms with van der Waals surface area (Å²) in [6.45, 7) is 0. The van der Waals surface area contributed by atoms with E-state index in [2.05, 4.69) is 0 Å². The van der Waals surface area contributed by atoms with Crippen molar-refractivity contribution in [3.63, 3.8) is 0 Å². The molecule has 2 heterocycles. The highest BCUT2D eigenvalue weighted by Crippen LogP contribution is 2.39. The molecule has 19 heavy (non-hydrogen) atoms. The van der Waals surface area contributed by atoms with Gasteiger partial charge in [-0.3, -0.25) is 4.79 Å². The summed E-state index contributed by atoms with van der Waals surface area (Å²) in [6, 6.07) is 0.407. The van der Waals surface area contributed by atoms with Crippen molar-refractivity contribution < 1.29 is 23.1 Å². The Morgan fingerprint density at radius 2 is 2.21 bits per heavy atom. The second kappa shape index (κ2) is 4.78. The van der Waals surface area contributed by atoms with Crippen molar-refractivity contribution in [3.8, 4) is 0 Å². The second-order valence-corrected chi connectivity index (χ2v) is 8.03. The molecular weight excluding hydrogens is 312 g/mol. The Labute approximate surface area is 117 Å².